The third-order valence-electron chi connectivity index (χ3n) is 2.48. The first-order valence-electron chi connectivity index (χ1n) is 5.45. The van der Waals surface area contributed by atoms with Gasteiger partial charge >= 0.3 is 0 Å². The maximum Gasteiger partial charge on any atom is 0.149 e. The van der Waals surface area contributed by atoms with Crippen molar-refractivity contribution in [2.24, 2.45) is 5.73 Å². The number of benzene rings is 2. The van der Waals surface area contributed by atoms with Gasteiger partial charge in [0.2, 0.25) is 0 Å². The molecule has 3 N–H and O–H groups in total. The topological polar surface area (TPSA) is 87.4 Å². The van der Waals surface area contributed by atoms with Crippen molar-refractivity contribution in [2.75, 3.05) is 18.4 Å². The second-order valence-corrected chi connectivity index (χ2v) is 4.24. The van der Waals surface area contributed by atoms with Crippen LogP contribution >= 0.6 is 0 Å². The van der Waals surface area contributed by atoms with Gasteiger partial charge in [-0.25, -0.2) is 4.21 Å². The van der Waals surface area contributed by atoms with Gasteiger partial charge in [0, 0.05) is 24.2 Å². The molecule has 1 unspecified atom stereocenters. The van der Waals surface area contributed by atoms with Crippen LogP contribution in [0.5, 0.6) is 5.75 Å². The smallest absolute Gasteiger partial charge is 0.149 e. The number of hydrogen-bond donors (Lipinski definition) is 2. The number of hydrogen-bond acceptors (Lipinski definition) is 5. The van der Waals surface area contributed by atoms with Crippen molar-refractivity contribution in [2.45, 2.75) is 0 Å². The Labute approximate surface area is 107 Å². The number of fused-ring (bicyclic) bond motifs is 1. The fourth-order valence-electron chi connectivity index (χ4n) is 1.80. The Morgan fingerprint density at radius 1 is 1.28 bits per heavy atom. The van der Waals surface area contributed by atoms with Crippen molar-refractivity contribution in [1.82, 2.24) is 0 Å². The summed E-state index contributed by atoms with van der Waals surface area (Å²) in [7, 11) is 0. The van der Waals surface area contributed by atoms with E-state index in [0.717, 1.165) is 16.5 Å². The van der Waals surface area contributed by atoms with Crippen LogP contribution in [0.3, 0.4) is 0 Å². The lowest BCUT2D eigenvalue weighted by atomic mass is 10.1. The molecule has 0 aliphatic rings. The number of nitrogens with two attached hydrogens (primary N) is 1. The maximum atomic E-state index is 10.7. The zero-order valence-electron chi connectivity index (χ0n) is 9.59. The fraction of sp³-hybridized carbons (Fsp3) is 0.167. The first kappa shape index (κ1) is 12.8. The second-order valence-electron chi connectivity index (χ2n) is 3.66. The molecule has 2 aromatic carbocycles. The summed E-state index contributed by atoms with van der Waals surface area (Å²) in [6.45, 7) is 1.10. The largest absolute Gasteiger partial charge is 0.740 e. The van der Waals surface area contributed by atoms with Crippen LogP contribution in [-0.4, -0.2) is 21.9 Å². The standard InChI is InChI=1S/C12H14N2O3S/c13-7-8-14-10-5-1-3-9-4-2-6-11(12(9)10)17-18(15)16/h1-6,14H,7-8,13H2,(H,15,16)/p-1. The molecule has 0 bridgehead atoms. The molecule has 0 radical (unpaired) electrons. The predicted molar refractivity (Wildman–Crippen MR) is 71.0 cm³/mol. The molecule has 0 spiro atoms. The van der Waals surface area contributed by atoms with Gasteiger partial charge in [0.1, 0.15) is 17.1 Å². The lowest BCUT2D eigenvalue weighted by Gasteiger charge is -2.14. The highest BCUT2D eigenvalue weighted by molar-refractivity contribution is 7.74. The summed E-state index contributed by atoms with van der Waals surface area (Å²) in [4.78, 5) is 0. The molecule has 2 rings (SSSR count). The highest BCUT2D eigenvalue weighted by Crippen LogP contribution is 2.32. The number of rotatable bonds is 5. The Morgan fingerprint density at radius 2 is 2.00 bits per heavy atom. The Balaban J connectivity index is 2.52. The van der Waals surface area contributed by atoms with Crippen molar-refractivity contribution in [3.63, 3.8) is 0 Å². The highest BCUT2D eigenvalue weighted by atomic mass is 32.2. The van der Waals surface area contributed by atoms with Crippen LogP contribution in [0.2, 0.25) is 0 Å². The molecule has 0 fully saturated rings. The SMILES string of the molecule is NCCNc1cccc2cccc(OS(=O)[O-])c12. The molecule has 1 atom stereocenters. The van der Waals surface area contributed by atoms with Gasteiger partial charge in [0.25, 0.3) is 0 Å². The van der Waals surface area contributed by atoms with Crippen molar-refractivity contribution >= 4 is 27.8 Å². The minimum Gasteiger partial charge on any atom is -0.740 e. The summed E-state index contributed by atoms with van der Waals surface area (Å²) in [5, 5.41) is 4.78. The van der Waals surface area contributed by atoms with Gasteiger partial charge in [-0.15, -0.1) is 0 Å². The minimum absolute atomic E-state index is 0.306. The third-order valence-corrected chi connectivity index (χ3v) is 2.80. The van der Waals surface area contributed by atoms with Crippen LogP contribution in [0, 0.1) is 0 Å². The molecule has 5 nitrogen and oxygen atoms in total. The van der Waals surface area contributed by atoms with Crippen molar-refractivity contribution in [1.29, 1.82) is 0 Å². The molecule has 2 aromatic rings. The molecule has 0 aromatic heterocycles. The van der Waals surface area contributed by atoms with Gasteiger partial charge in [-0.2, -0.15) is 0 Å². The summed E-state index contributed by atoms with van der Waals surface area (Å²) in [5.41, 5.74) is 6.25. The Bertz CT molecular complexity index is 569. The van der Waals surface area contributed by atoms with Crippen LogP contribution in [0.15, 0.2) is 36.4 Å². The molecule has 0 aliphatic carbocycles. The Hall–Kier alpha value is -1.63. The Kier molecular flexibility index (Phi) is 4.14. The first-order valence-corrected chi connectivity index (χ1v) is 6.45. The predicted octanol–water partition coefficient (Wildman–Crippen LogP) is 1.38. The van der Waals surface area contributed by atoms with E-state index < -0.39 is 11.4 Å². The molecule has 0 heterocycles. The lowest BCUT2D eigenvalue weighted by Crippen LogP contribution is -2.13. The minimum atomic E-state index is -2.59. The van der Waals surface area contributed by atoms with Gasteiger partial charge in [0.05, 0.1) is 0 Å². The van der Waals surface area contributed by atoms with Crippen LogP contribution in [0.25, 0.3) is 10.8 Å². The average molecular weight is 265 g/mol. The molecular weight excluding hydrogens is 252 g/mol. The van der Waals surface area contributed by atoms with Gasteiger partial charge in [0.15, 0.2) is 0 Å². The molecule has 0 aliphatic heterocycles. The van der Waals surface area contributed by atoms with E-state index in [1.165, 1.54) is 0 Å². The van der Waals surface area contributed by atoms with E-state index in [4.69, 9.17) is 9.92 Å². The summed E-state index contributed by atoms with van der Waals surface area (Å²) < 4.78 is 26.1. The maximum absolute atomic E-state index is 10.7. The number of nitrogens with one attached hydrogen (secondary N) is 1. The van der Waals surface area contributed by atoms with Crippen LogP contribution < -0.4 is 15.2 Å². The van der Waals surface area contributed by atoms with Gasteiger partial charge < -0.3 is 19.8 Å². The van der Waals surface area contributed by atoms with Crippen LogP contribution in [0.1, 0.15) is 0 Å². The molecule has 0 saturated heterocycles. The summed E-state index contributed by atoms with van der Waals surface area (Å²) in [6.07, 6.45) is 0. The monoisotopic (exact) mass is 265 g/mol. The van der Waals surface area contributed by atoms with E-state index in [1.807, 2.05) is 24.3 Å². The zero-order chi connectivity index (χ0) is 13.0. The van der Waals surface area contributed by atoms with Gasteiger partial charge in [-0.05, 0) is 17.5 Å². The van der Waals surface area contributed by atoms with Crippen molar-refractivity contribution in [3.05, 3.63) is 36.4 Å². The average Bonchev–Trinajstić information content (AvgIpc) is 2.35. The van der Waals surface area contributed by atoms with Crippen molar-refractivity contribution < 1.29 is 12.9 Å². The van der Waals surface area contributed by atoms with Gasteiger partial charge in [-0.1, -0.05) is 24.3 Å². The van der Waals surface area contributed by atoms with Crippen LogP contribution in [-0.2, 0) is 11.4 Å². The molecule has 18 heavy (non-hydrogen) atoms. The molecule has 0 saturated carbocycles. The second kappa shape index (κ2) is 5.81. The highest BCUT2D eigenvalue weighted by Gasteiger charge is 2.07. The first-order chi connectivity index (χ1) is 8.72. The summed E-state index contributed by atoms with van der Waals surface area (Å²) in [5.74, 6) is 0.306. The van der Waals surface area contributed by atoms with E-state index in [2.05, 4.69) is 5.32 Å². The lowest BCUT2D eigenvalue weighted by molar-refractivity contribution is 0.442. The quantitative estimate of drug-likeness (QED) is 0.797. The molecule has 96 valence electrons. The third kappa shape index (κ3) is 2.79. The Morgan fingerprint density at radius 3 is 2.67 bits per heavy atom. The molecular formula is C12H13N2O3S-. The van der Waals surface area contributed by atoms with E-state index in [1.54, 1.807) is 12.1 Å². The van der Waals surface area contributed by atoms with Gasteiger partial charge in [-0.3, -0.25) is 0 Å². The fourth-order valence-corrected chi connectivity index (χ4v) is 2.09. The molecule has 0 amide bonds. The van der Waals surface area contributed by atoms with E-state index in [0.29, 0.717) is 18.8 Å². The zero-order valence-corrected chi connectivity index (χ0v) is 10.4. The van der Waals surface area contributed by atoms with Crippen LogP contribution in [0.4, 0.5) is 5.69 Å². The number of anilines is 1. The van der Waals surface area contributed by atoms with E-state index in [9.17, 15) is 8.76 Å². The summed E-state index contributed by atoms with van der Waals surface area (Å²) >= 11 is -2.59. The normalized spacial score (nSPS) is 12.3. The van der Waals surface area contributed by atoms with E-state index in [-0.39, 0.29) is 0 Å². The van der Waals surface area contributed by atoms with E-state index >= 15 is 0 Å². The summed E-state index contributed by atoms with van der Waals surface area (Å²) in [6, 6.07) is 10.9. The molecule has 6 heteroatoms. The van der Waals surface area contributed by atoms with Crippen molar-refractivity contribution in [3.8, 4) is 5.75 Å².